The number of rotatable bonds is 6. The molecule has 4 rings (SSSR count). The first kappa shape index (κ1) is 19.3. The summed E-state index contributed by atoms with van der Waals surface area (Å²) >= 11 is 1.18. The maximum atomic E-state index is 13.3. The standard InChI is InChI=1S/C20H23NO5S2/c22-20(14-5-2-1-3-6-14)21-12-18(28(23,24)19-7-4-10-27-19)15-8-9-16-17(11-15)26-13-25-16/h4,7-11,14,18H,1-3,5-6,12-13H2,(H,21,22)/t18-/m1/s1. The van der Waals surface area contributed by atoms with Gasteiger partial charge in [0.1, 0.15) is 9.46 Å². The average Bonchev–Trinajstić information content (AvgIpc) is 3.40. The van der Waals surface area contributed by atoms with Crippen LogP contribution in [0.3, 0.4) is 0 Å². The highest BCUT2D eigenvalue weighted by Gasteiger charge is 2.32. The molecule has 150 valence electrons. The second-order valence-electron chi connectivity index (χ2n) is 7.16. The minimum absolute atomic E-state index is 0.0180. The monoisotopic (exact) mass is 421 g/mol. The van der Waals surface area contributed by atoms with Crippen LogP contribution >= 0.6 is 11.3 Å². The molecule has 0 saturated heterocycles. The van der Waals surface area contributed by atoms with Crippen LogP contribution in [0.25, 0.3) is 0 Å². The molecule has 0 radical (unpaired) electrons. The molecule has 0 bridgehead atoms. The van der Waals surface area contributed by atoms with E-state index < -0.39 is 15.1 Å². The molecule has 6 nitrogen and oxygen atoms in total. The fourth-order valence-corrected chi connectivity index (χ4v) is 6.64. The highest BCUT2D eigenvalue weighted by Crippen LogP contribution is 2.38. The zero-order valence-corrected chi connectivity index (χ0v) is 17.1. The molecule has 2 aliphatic rings. The Hall–Kier alpha value is -2.06. The second kappa shape index (κ2) is 8.13. The Kier molecular flexibility index (Phi) is 5.59. The van der Waals surface area contributed by atoms with Gasteiger partial charge >= 0.3 is 0 Å². The summed E-state index contributed by atoms with van der Waals surface area (Å²) in [7, 11) is -3.65. The number of amides is 1. The third kappa shape index (κ3) is 3.89. The number of benzene rings is 1. The normalized spacial score (nSPS) is 18.0. The smallest absolute Gasteiger partial charge is 0.231 e. The first-order chi connectivity index (χ1) is 13.6. The van der Waals surface area contributed by atoms with E-state index in [1.54, 1.807) is 35.7 Å². The third-order valence-corrected chi connectivity index (χ3v) is 8.89. The van der Waals surface area contributed by atoms with Crippen molar-refractivity contribution in [2.45, 2.75) is 41.6 Å². The van der Waals surface area contributed by atoms with Gasteiger partial charge in [0, 0.05) is 12.5 Å². The van der Waals surface area contributed by atoms with E-state index >= 15 is 0 Å². The maximum Gasteiger partial charge on any atom is 0.231 e. The van der Waals surface area contributed by atoms with E-state index in [2.05, 4.69) is 5.32 Å². The lowest BCUT2D eigenvalue weighted by atomic mass is 9.88. The molecule has 2 aromatic rings. The number of fused-ring (bicyclic) bond motifs is 1. The molecule has 1 aromatic heterocycles. The van der Waals surface area contributed by atoms with Gasteiger partial charge < -0.3 is 14.8 Å². The van der Waals surface area contributed by atoms with Crippen LogP contribution < -0.4 is 14.8 Å². The van der Waals surface area contributed by atoms with Crippen LogP contribution in [-0.2, 0) is 14.6 Å². The minimum Gasteiger partial charge on any atom is -0.454 e. The quantitative estimate of drug-likeness (QED) is 0.769. The van der Waals surface area contributed by atoms with Crippen LogP contribution in [0, 0.1) is 5.92 Å². The molecule has 1 aliphatic heterocycles. The van der Waals surface area contributed by atoms with E-state index in [9.17, 15) is 13.2 Å². The van der Waals surface area contributed by atoms with Crippen molar-refractivity contribution in [2.24, 2.45) is 5.92 Å². The van der Waals surface area contributed by atoms with E-state index in [1.165, 1.54) is 11.3 Å². The largest absolute Gasteiger partial charge is 0.454 e. The molecule has 1 saturated carbocycles. The van der Waals surface area contributed by atoms with Crippen LogP contribution in [0.15, 0.2) is 39.9 Å². The summed E-state index contributed by atoms with van der Waals surface area (Å²) in [6.45, 7) is 0.161. The second-order valence-corrected chi connectivity index (χ2v) is 10.5. The molecule has 28 heavy (non-hydrogen) atoms. The van der Waals surface area contributed by atoms with Gasteiger partial charge in [-0.1, -0.05) is 31.4 Å². The van der Waals surface area contributed by atoms with Crippen molar-refractivity contribution in [1.29, 1.82) is 0 Å². The van der Waals surface area contributed by atoms with Gasteiger partial charge in [0.2, 0.25) is 12.7 Å². The Balaban J connectivity index is 1.59. The Bertz CT molecular complexity index is 934. The molecule has 1 fully saturated rings. The zero-order chi connectivity index (χ0) is 19.6. The Morgan fingerprint density at radius 1 is 1.14 bits per heavy atom. The first-order valence-electron chi connectivity index (χ1n) is 9.50. The predicted molar refractivity (Wildman–Crippen MR) is 106 cm³/mol. The zero-order valence-electron chi connectivity index (χ0n) is 15.4. The molecule has 1 N–H and O–H groups in total. The maximum absolute atomic E-state index is 13.3. The molecule has 0 spiro atoms. The van der Waals surface area contributed by atoms with Gasteiger partial charge in [-0.05, 0) is 42.0 Å². The van der Waals surface area contributed by atoms with E-state index in [1.807, 2.05) is 0 Å². The SMILES string of the molecule is O=C(NC[C@H](c1ccc2c(c1)OCO2)S(=O)(=O)c1cccs1)C1CCCCC1. The van der Waals surface area contributed by atoms with Gasteiger partial charge in [-0.2, -0.15) is 0 Å². The van der Waals surface area contributed by atoms with Gasteiger partial charge in [-0.25, -0.2) is 8.42 Å². The van der Waals surface area contributed by atoms with Crippen LogP contribution in [0.5, 0.6) is 11.5 Å². The van der Waals surface area contributed by atoms with Crippen molar-refractivity contribution in [3.05, 3.63) is 41.3 Å². The molecule has 1 atom stereocenters. The Labute approximate surface area is 168 Å². The summed E-state index contributed by atoms with van der Waals surface area (Å²) in [6.07, 6.45) is 5.01. The number of carbonyl (C=O) groups is 1. The van der Waals surface area contributed by atoms with Gasteiger partial charge in [-0.3, -0.25) is 4.79 Å². The third-order valence-electron chi connectivity index (χ3n) is 5.36. The van der Waals surface area contributed by atoms with E-state index in [0.717, 1.165) is 32.1 Å². The van der Waals surface area contributed by atoms with Crippen LogP contribution in [0.1, 0.15) is 42.9 Å². The number of sulfone groups is 1. The number of nitrogens with one attached hydrogen (secondary N) is 1. The number of hydrogen-bond donors (Lipinski definition) is 1. The van der Waals surface area contributed by atoms with Gasteiger partial charge in [-0.15, -0.1) is 11.3 Å². The van der Waals surface area contributed by atoms with Crippen LogP contribution in [0.4, 0.5) is 0 Å². The topological polar surface area (TPSA) is 81.7 Å². The summed E-state index contributed by atoms with van der Waals surface area (Å²) in [5.41, 5.74) is 0.585. The van der Waals surface area contributed by atoms with Crippen LogP contribution in [-0.4, -0.2) is 27.7 Å². The predicted octanol–water partition coefficient (Wildman–Crippen LogP) is 3.69. The summed E-state index contributed by atoms with van der Waals surface area (Å²) in [5, 5.41) is 3.76. The van der Waals surface area contributed by atoms with Crippen molar-refractivity contribution in [1.82, 2.24) is 5.32 Å². The van der Waals surface area contributed by atoms with Crippen molar-refractivity contribution in [2.75, 3.05) is 13.3 Å². The summed E-state index contributed by atoms with van der Waals surface area (Å²) in [4.78, 5) is 12.6. The van der Waals surface area contributed by atoms with E-state index in [0.29, 0.717) is 21.3 Å². The molecular weight excluding hydrogens is 398 g/mol. The van der Waals surface area contributed by atoms with Crippen molar-refractivity contribution in [3.8, 4) is 11.5 Å². The summed E-state index contributed by atoms with van der Waals surface area (Å²) in [5.74, 6) is 1.06. The lowest BCUT2D eigenvalue weighted by Crippen LogP contribution is -2.36. The molecule has 0 unspecified atom stereocenters. The lowest BCUT2D eigenvalue weighted by Gasteiger charge is -2.23. The minimum atomic E-state index is -3.65. The van der Waals surface area contributed by atoms with Crippen LogP contribution in [0.2, 0.25) is 0 Å². The average molecular weight is 422 g/mol. The summed E-state index contributed by atoms with van der Waals surface area (Å²) in [6, 6.07) is 8.47. The molecule has 8 heteroatoms. The van der Waals surface area contributed by atoms with Gasteiger partial charge in [0.05, 0.1) is 0 Å². The van der Waals surface area contributed by atoms with Gasteiger partial charge in [0.15, 0.2) is 21.3 Å². The number of thiophene rings is 1. The first-order valence-corrected chi connectivity index (χ1v) is 11.9. The fourth-order valence-electron chi connectivity index (χ4n) is 3.79. The van der Waals surface area contributed by atoms with E-state index in [-0.39, 0.29) is 25.2 Å². The van der Waals surface area contributed by atoms with Gasteiger partial charge in [0.25, 0.3) is 0 Å². The molecule has 1 amide bonds. The molecule has 1 aromatic carbocycles. The Morgan fingerprint density at radius 3 is 2.68 bits per heavy atom. The van der Waals surface area contributed by atoms with Crippen molar-refractivity contribution in [3.63, 3.8) is 0 Å². The van der Waals surface area contributed by atoms with Crippen molar-refractivity contribution >= 4 is 27.1 Å². The number of ether oxygens (including phenoxy) is 2. The molecule has 2 heterocycles. The molecule has 1 aliphatic carbocycles. The highest BCUT2D eigenvalue weighted by molar-refractivity contribution is 7.93. The number of hydrogen-bond acceptors (Lipinski definition) is 6. The number of carbonyl (C=O) groups excluding carboxylic acids is 1. The van der Waals surface area contributed by atoms with Crippen molar-refractivity contribution < 1.29 is 22.7 Å². The van der Waals surface area contributed by atoms with E-state index in [4.69, 9.17) is 9.47 Å². The lowest BCUT2D eigenvalue weighted by molar-refractivity contribution is -0.125. The fraction of sp³-hybridized carbons (Fsp3) is 0.450. The molecular formula is C20H23NO5S2. The highest BCUT2D eigenvalue weighted by atomic mass is 32.2. The Morgan fingerprint density at radius 2 is 1.93 bits per heavy atom. The summed E-state index contributed by atoms with van der Waals surface area (Å²) < 4.78 is 37.6.